The fraction of sp³-hybridized carbons (Fsp3) is 0.158. The van der Waals surface area contributed by atoms with Gasteiger partial charge in [-0.1, -0.05) is 18.2 Å². The van der Waals surface area contributed by atoms with E-state index in [1.54, 1.807) is 26.4 Å². The quantitative estimate of drug-likeness (QED) is 0.601. The van der Waals surface area contributed by atoms with Crippen LogP contribution in [0.3, 0.4) is 0 Å². The summed E-state index contributed by atoms with van der Waals surface area (Å²) in [6, 6.07) is 13.1. The van der Waals surface area contributed by atoms with Crippen molar-refractivity contribution in [1.82, 2.24) is 4.98 Å². The number of pyridine rings is 1. The molecule has 128 valence electrons. The van der Waals surface area contributed by atoms with Gasteiger partial charge in [0.2, 0.25) is 0 Å². The summed E-state index contributed by atoms with van der Waals surface area (Å²) in [5, 5.41) is 3.93. The second-order valence-corrected chi connectivity index (χ2v) is 6.63. The second-order valence-electron chi connectivity index (χ2n) is 5.47. The molecule has 0 saturated heterocycles. The number of aryl methyl sites for hydroxylation is 1. The first kappa shape index (κ1) is 17.5. The molecule has 0 fully saturated rings. The van der Waals surface area contributed by atoms with E-state index in [4.69, 9.17) is 9.47 Å². The third-order valence-electron chi connectivity index (χ3n) is 3.83. The van der Waals surface area contributed by atoms with Gasteiger partial charge in [0.1, 0.15) is 0 Å². The lowest BCUT2D eigenvalue weighted by atomic mass is 10.1. The number of aromatic nitrogens is 1. The molecule has 5 nitrogen and oxygen atoms in total. The van der Waals surface area contributed by atoms with Crippen LogP contribution in [0.25, 0.3) is 10.9 Å². The van der Waals surface area contributed by atoms with E-state index < -0.39 is 0 Å². The fourth-order valence-electron chi connectivity index (χ4n) is 2.56. The topological polar surface area (TPSA) is 60.5 Å². The van der Waals surface area contributed by atoms with Crippen LogP contribution in [0.1, 0.15) is 16.1 Å². The number of methoxy groups -OCH3 is 2. The highest BCUT2D eigenvalue weighted by atomic mass is 127. The van der Waals surface area contributed by atoms with Gasteiger partial charge in [0.25, 0.3) is 5.91 Å². The van der Waals surface area contributed by atoms with Gasteiger partial charge in [-0.05, 0) is 53.8 Å². The maximum absolute atomic E-state index is 12.8. The third kappa shape index (κ3) is 3.53. The Labute approximate surface area is 159 Å². The molecule has 2 aromatic carbocycles. The Hall–Kier alpha value is -2.35. The zero-order chi connectivity index (χ0) is 18.0. The van der Waals surface area contributed by atoms with Gasteiger partial charge in [-0.2, -0.15) is 0 Å². The highest BCUT2D eigenvalue weighted by molar-refractivity contribution is 14.1. The Bertz CT molecular complexity index is 957. The van der Waals surface area contributed by atoms with E-state index in [0.29, 0.717) is 22.7 Å². The van der Waals surface area contributed by atoms with Gasteiger partial charge >= 0.3 is 0 Å². The standard InChI is InChI=1S/C19H17IN2O3/c1-11-7-8-12-5-4-6-15(18(12)21-11)22-19(23)13-9-16(24-2)17(25-3)10-14(13)20/h4-10H,1-3H3,(H,22,23). The SMILES string of the molecule is COc1cc(I)c(C(=O)Nc2cccc3ccc(C)nc23)cc1OC. The molecule has 1 N–H and O–H groups in total. The molecule has 3 aromatic rings. The molecule has 0 bridgehead atoms. The van der Waals surface area contributed by atoms with Gasteiger partial charge in [0.15, 0.2) is 11.5 Å². The van der Waals surface area contributed by atoms with Crippen LogP contribution < -0.4 is 14.8 Å². The smallest absolute Gasteiger partial charge is 0.256 e. The molecule has 0 atom stereocenters. The van der Waals surface area contributed by atoms with Crippen molar-refractivity contribution in [3.8, 4) is 11.5 Å². The lowest BCUT2D eigenvalue weighted by Gasteiger charge is -2.13. The first-order valence-corrected chi connectivity index (χ1v) is 8.70. The summed E-state index contributed by atoms with van der Waals surface area (Å²) in [5.74, 6) is 0.881. The van der Waals surface area contributed by atoms with Crippen molar-refractivity contribution in [3.05, 3.63) is 57.3 Å². The summed E-state index contributed by atoms with van der Waals surface area (Å²) in [5.41, 5.74) is 2.86. The molecule has 0 aliphatic rings. The zero-order valence-electron chi connectivity index (χ0n) is 14.1. The maximum Gasteiger partial charge on any atom is 0.256 e. The number of halogens is 1. The molecule has 0 radical (unpaired) electrons. The van der Waals surface area contributed by atoms with Gasteiger partial charge in [-0.3, -0.25) is 9.78 Å². The highest BCUT2D eigenvalue weighted by Crippen LogP contribution is 2.32. The van der Waals surface area contributed by atoms with Gasteiger partial charge in [-0.25, -0.2) is 0 Å². The summed E-state index contributed by atoms with van der Waals surface area (Å²) in [7, 11) is 3.11. The molecule has 0 saturated carbocycles. The molecule has 1 heterocycles. The summed E-state index contributed by atoms with van der Waals surface area (Å²) < 4.78 is 11.3. The molecule has 3 rings (SSSR count). The summed E-state index contributed by atoms with van der Waals surface area (Å²) in [6.07, 6.45) is 0. The van der Waals surface area contributed by atoms with Crippen LogP contribution in [0.15, 0.2) is 42.5 Å². The van der Waals surface area contributed by atoms with Gasteiger partial charge in [-0.15, -0.1) is 0 Å². The maximum atomic E-state index is 12.8. The van der Waals surface area contributed by atoms with Gasteiger partial charge < -0.3 is 14.8 Å². The minimum absolute atomic E-state index is 0.221. The molecule has 1 aromatic heterocycles. The molecule has 0 aliphatic heterocycles. The van der Waals surface area contributed by atoms with Crippen LogP contribution in [-0.2, 0) is 0 Å². The Morgan fingerprint density at radius 2 is 1.80 bits per heavy atom. The minimum Gasteiger partial charge on any atom is -0.493 e. The number of carbonyl (C=O) groups excluding carboxylic acids is 1. The number of hydrogen-bond acceptors (Lipinski definition) is 4. The van der Waals surface area contributed by atoms with Crippen LogP contribution in [0.5, 0.6) is 11.5 Å². The number of hydrogen-bond donors (Lipinski definition) is 1. The molecule has 0 unspecified atom stereocenters. The van der Waals surface area contributed by atoms with Crippen LogP contribution in [0.4, 0.5) is 5.69 Å². The van der Waals surface area contributed by atoms with Gasteiger partial charge in [0, 0.05) is 14.7 Å². The van der Waals surface area contributed by atoms with E-state index in [0.717, 1.165) is 20.2 Å². The molecule has 1 amide bonds. The number of para-hydroxylation sites is 1. The summed E-state index contributed by atoms with van der Waals surface area (Å²) in [4.78, 5) is 17.3. The largest absolute Gasteiger partial charge is 0.493 e. The lowest BCUT2D eigenvalue weighted by Crippen LogP contribution is -2.14. The predicted octanol–water partition coefficient (Wildman–Crippen LogP) is 4.42. The summed E-state index contributed by atoms with van der Waals surface area (Å²) in [6.45, 7) is 1.93. The number of rotatable bonds is 4. The number of fused-ring (bicyclic) bond motifs is 1. The third-order valence-corrected chi connectivity index (χ3v) is 4.72. The van der Waals surface area contributed by atoms with E-state index >= 15 is 0 Å². The van der Waals surface area contributed by atoms with Crippen molar-refractivity contribution in [2.45, 2.75) is 6.92 Å². The molecule has 6 heteroatoms. The Kier molecular flexibility index (Phi) is 5.08. The zero-order valence-corrected chi connectivity index (χ0v) is 16.2. The second kappa shape index (κ2) is 7.26. The van der Waals surface area contributed by atoms with E-state index in [1.807, 2.05) is 37.3 Å². The van der Waals surface area contributed by atoms with Crippen LogP contribution >= 0.6 is 22.6 Å². The monoisotopic (exact) mass is 448 g/mol. The van der Waals surface area contributed by atoms with Crippen molar-refractivity contribution in [2.24, 2.45) is 0 Å². The van der Waals surface area contributed by atoms with Crippen LogP contribution in [0.2, 0.25) is 0 Å². The number of nitrogens with zero attached hydrogens (tertiary/aromatic N) is 1. The molecule has 0 aliphatic carbocycles. The molecule has 25 heavy (non-hydrogen) atoms. The normalized spacial score (nSPS) is 10.6. The van der Waals surface area contributed by atoms with E-state index in [1.165, 1.54) is 0 Å². The Balaban J connectivity index is 1.99. The highest BCUT2D eigenvalue weighted by Gasteiger charge is 2.16. The van der Waals surface area contributed by atoms with Gasteiger partial charge in [0.05, 0.1) is 31.0 Å². The predicted molar refractivity (Wildman–Crippen MR) is 107 cm³/mol. The summed E-state index contributed by atoms with van der Waals surface area (Å²) >= 11 is 2.11. The van der Waals surface area contributed by atoms with Crippen molar-refractivity contribution in [3.63, 3.8) is 0 Å². The van der Waals surface area contributed by atoms with Crippen LogP contribution in [-0.4, -0.2) is 25.1 Å². The number of ether oxygens (including phenoxy) is 2. The van der Waals surface area contributed by atoms with Crippen LogP contribution in [0, 0.1) is 10.5 Å². The number of anilines is 1. The van der Waals surface area contributed by atoms with Crippen molar-refractivity contribution in [1.29, 1.82) is 0 Å². The number of nitrogens with one attached hydrogen (secondary N) is 1. The van der Waals surface area contributed by atoms with E-state index in [9.17, 15) is 4.79 Å². The van der Waals surface area contributed by atoms with Crippen molar-refractivity contribution < 1.29 is 14.3 Å². The molecular weight excluding hydrogens is 431 g/mol. The first-order valence-electron chi connectivity index (χ1n) is 7.62. The minimum atomic E-state index is -0.221. The molecular formula is C19H17IN2O3. The van der Waals surface area contributed by atoms with E-state index in [-0.39, 0.29) is 5.91 Å². The average molecular weight is 448 g/mol. The number of benzene rings is 2. The molecule has 0 spiro atoms. The Morgan fingerprint density at radius 3 is 2.52 bits per heavy atom. The average Bonchev–Trinajstić information content (AvgIpc) is 2.61. The van der Waals surface area contributed by atoms with Crippen molar-refractivity contribution >= 4 is 45.1 Å². The number of amides is 1. The Morgan fingerprint density at radius 1 is 1.08 bits per heavy atom. The first-order chi connectivity index (χ1) is 12.0. The van der Waals surface area contributed by atoms with Crippen molar-refractivity contribution in [2.75, 3.05) is 19.5 Å². The lowest BCUT2D eigenvalue weighted by molar-refractivity contribution is 0.102. The number of carbonyl (C=O) groups is 1. The van der Waals surface area contributed by atoms with E-state index in [2.05, 4.69) is 32.9 Å². The fourth-order valence-corrected chi connectivity index (χ4v) is 3.25.